The Morgan fingerprint density at radius 3 is 1.84 bits per heavy atom. The molecule has 6 aromatic carbocycles. The maximum atomic E-state index is 6.59. The van der Waals surface area contributed by atoms with E-state index >= 15 is 0 Å². The number of halogens is 1. The van der Waals surface area contributed by atoms with Crippen molar-refractivity contribution in [3.05, 3.63) is 166 Å². The summed E-state index contributed by atoms with van der Waals surface area (Å²) in [5.74, 6) is 0. The van der Waals surface area contributed by atoms with Gasteiger partial charge in [-0.1, -0.05) is 133 Å². The lowest BCUT2D eigenvalue weighted by Gasteiger charge is -2.40. The Labute approximate surface area is 221 Å². The molecule has 2 aliphatic rings. The fourth-order valence-electron chi connectivity index (χ4n) is 6.95. The lowest BCUT2D eigenvalue weighted by Crippen LogP contribution is -2.32. The zero-order chi connectivity index (χ0) is 24.6. The fourth-order valence-corrected chi connectivity index (χ4v) is 7.15. The van der Waals surface area contributed by atoms with Crippen LogP contribution in [0.3, 0.4) is 0 Å². The summed E-state index contributed by atoms with van der Waals surface area (Å²) < 4.78 is 0. The monoisotopic (exact) mass is 490 g/mol. The smallest absolute Gasteiger partial charge is 0.0725 e. The van der Waals surface area contributed by atoms with Gasteiger partial charge in [-0.05, 0) is 78.9 Å². The highest BCUT2D eigenvalue weighted by Gasteiger charge is 2.49. The van der Waals surface area contributed by atoms with Gasteiger partial charge >= 0.3 is 0 Å². The first-order valence-corrected chi connectivity index (χ1v) is 13.2. The molecule has 0 fully saturated rings. The highest BCUT2D eigenvalue weighted by Crippen LogP contribution is 2.61. The Hall–Kier alpha value is -4.13. The highest BCUT2D eigenvalue weighted by molar-refractivity contribution is 6.31. The molecule has 0 amide bonds. The van der Waals surface area contributed by atoms with Crippen molar-refractivity contribution in [2.75, 3.05) is 0 Å². The van der Waals surface area contributed by atoms with E-state index in [1.165, 1.54) is 60.8 Å². The van der Waals surface area contributed by atoms with Gasteiger partial charge in [0.05, 0.1) is 5.41 Å². The summed E-state index contributed by atoms with van der Waals surface area (Å²) >= 11 is 6.59. The van der Waals surface area contributed by atoms with Crippen LogP contribution in [0.15, 0.2) is 127 Å². The molecule has 0 radical (unpaired) electrons. The summed E-state index contributed by atoms with van der Waals surface area (Å²) in [7, 11) is 0. The van der Waals surface area contributed by atoms with E-state index in [9.17, 15) is 0 Å². The van der Waals surface area contributed by atoms with E-state index in [1.54, 1.807) is 0 Å². The maximum absolute atomic E-state index is 6.59. The Morgan fingerprint density at radius 2 is 1.08 bits per heavy atom. The largest absolute Gasteiger partial charge is 0.0840 e. The summed E-state index contributed by atoms with van der Waals surface area (Å²) in [6, 6.07) is 46.8. The van der Waals surface area contributed by atoms with Crippen LogP contribution in [0.4, 0.5) is 0 Å². The molecule has 0 heterocycles. The topological polar surface area (TPSA) is 0 Å². The van der Waals surface area contributed by atoms with Gasteiger partial charge in [0.25, 0.3) is 0 Å². The van der Waals surface area contributed by atoms with Crippen molar-refractivity contribution in [1.82, 2.24) is 0 Å². The number of fused-ring (bicyclic) bond motifs is 9. The minimum Gasteiger partial charge on any atom is -0.0840 e. The van der Waals surface area contributed by atoms with Crippen molar-refractivity contribution in [3.8, 4) is 22.3 Å². The van der Waals surface area contributed by atoms with Crippen LogP contribution in [-0.2, 0) is 11.8 Å². The number of rotatable bonds is 2. The summed E-state index contributed by atoms with van der Waals surface area (Å²) in [4.78, 5) is 0. The lowest BCUT2D eigenvalue weighted by molar-refractivity contribution is 0.771. The van der Waals surface area contributed by atoms with Crippen LogP contribution in [-0.4, -0.2) is 0 Å². The van der Waals surface area contributed by atoms with Crippen molar-refractivity contribution < 1.29 is 0 Å². The average Bonchev–Trinajstić information content (AvgIpc) is 3.24. The zero-order valence-corrected chi connectivity index (χ0v) is 21.0. The third-order valence-electron chi connectivity index (χ3n) is 8.39. The molecule has 8 rings (SSSR count). The van der Waals surface area contributed by atoms with E-state index in [2.05, 4.69) is 115 Å². The van der Waals surface area contributed by atoms with Crippen LogP contribution in [0.5, 0.6) is 0 Å². The van der Waals surface area contributed by atoms with E-state index in [-0.39, 0.29) is 5.41 Å². The first kappa shape index (κ1) is 21.0. The van der Waals surface area contributed by atoms with Gasteiger partial charge in [-0.15, -0.1) is 0 Å². The van der Waals surface area contributed by atoms with Crippen molar-refractivity contribution >= 4 is 22.4 Å². The van der Waals surface area contributed by atoms with Crippen LogP contribution in [0.25, 0.3) is 33.0 Å². The fraction of sp³-hybridized carbons (Fsp3) is 0.0556. The van der Waals surface area contributed by atoms with Crippen molar-refractivity contribution in [1.29, 1.82) is 0 Å². The van der Waals surface area contributed by atoms with Crippen LogP contribution >= 0.6 is 11.6 Å². The molecule has 0 nitrogen and oxygen atoms in total. The van der Waals surface area contributed by atoms with Gasteiger partial charge in [0.2, 0.25) is 0 Å². The van der Waals surface area contributed by atoms with Gasteiger partial charge in [0.1, 0.15) is 0 Å². The van der Waals surface area contributed by atoms with Crippen molar-refractivity contribution in [2.45, 2.75) is 11.8 Å². The van der Waals surface area contributed by atoms with Crippen molar-refractivity contribution in [3.63, 3.8) is 0 Å². The van der Waals surface area contributed by atoms with E-state index in [4.69, 9.17) is 11.6 Å². The Bertz CT molecular complexity index is 1830. The molecule has 0 N–H and O–H groups in total. The molecule has 0 saturated heterocycles. The zero-order valence-electron chi connectivity index (χ0n) is 20.2. The van der Waals surface area contributed by atoms with E-state index < -0.39 is 0 Å². The third kappa shape index (κ3) is 2.74. The second kappa shape index (κ2) is 7.68. The molecule has 1 spiro atoms. The summed E-state index contributed by atoms with van der Waals surface area (Å²) in [5, 5.41) is 3.48. The van der Waals surface area contributed by atoms with Gasteiger partial charge in [0.15, 0.2) is 0 Å². The minimum absolute atomic E-state index is 0.368. The summed E-state index contributed by atoms with van der Waals surface area (Å²) in [6.45, 7) is 0. The van der Waals surface area contributed by atoms with Gasteiger partial charge in [0, 0.05) is 5.02 Å². The maximum Gasteiger partial charge on any atom is 0.0725 e. The Kier molecular flexibility index (Phi) is 4.36. The molecular weight excluding hydrogens is 468 g/mol. The first-order chi connectivity index (χ1) is 18.3. The van der Waals surface area contributed by atoms with E-state index in [0.717, 1.165) is 17.0 Å². The first-order valence-electron chi connectivity index (χ1n) is 12.9. The second-order valence-electron chi connectivity index (χ2n) is 10.2. The number of benzene rings is 6. The molecule has 37 heavy (non-hydrogen) atoms. The predicted molar refractivity (Wildman–Crippen MR) is 155 cm³/mol. The van der Waals surface area contributed by atoms with Gasteiger partial charge in [-0.3, -0.25) is 0 Å². The molecular formula is C36H23Cl. The third-order valence-corrected chi connectivity index (χ3v) is 8.76. The molecule has 0 aromatic heterocycles. The second-order valence-corrected chi connectivity index (χ2v) is 10.6. The van der Waals surface area contributed by atoms with Gasteiger partial charge in [-0.2, -0.15) is 0 Å². The van der Waals surface area contributed by atoms with Gasteiger partial charge < -0.3 is 0 Å². The van der Waals surface area contributed by atoms with E-state index in [0.29, 0.717) is 0 Å². The van der Waals surface area contributed by atoms with E-state index in [1.807, 2.05) is 12.1 Å². The van der Waals surface area contributed by atoms with Crippen LogP contribution in [0.2, 0.25) is 5.02 Å². The Balaban J connectivity index is 1.52. The van der Waals surface area contributed by atoms with Crippen molar-refractivity contribution in [2.24, 2.45) is 0 Å². The SMILES string of the molecule is Clc1ccccc1Cc1ccc2c(c1)C1(c3ccccc3-c3ccccc31)c1cccc3cccc-2c13. The quantitative estimate of drug-likeness (QED) is 0.226. The molecule has 2 aliphatic carbocycles. The molecule has 6 aromatic rings. The minimum atomic E-state index is -0.368. The van der Waals surface area contributed by atoms with Crippen LogP contribution < -0.4 is 0 Å². The normalized spacial score (nSPS) is 13.9. The predicted octanol–water partition coefficient (Wildman–Crippen LogP) is 9.43. The van der Waals surface area contributed by atoms with Crippen LogP contribution in [0.1, 0.15) is 33.4 Å². The lowest BCUT2D eigenvalue weighted by atomic mass is 9.61. The molecule has 1 heteroatoms. The molecule has 0 bridgehead atoms. The Morgan fingerprint density at radius 1 is 0.486 bits per heavy atom. The molecule has 0 saturated carbocycles. The number of hydrogen-bond acceptors (Lipinski definition) is 0. The van der Waals surface area contributed by atoms with Crippen LogP contribution in [0, 0.1) is 0 Å². The molecule has 0 aliphatic heterocycles. The summed E-state index contributed by atoms with van der Waals surface area (Å²) in [6.07, 6.45) is 0.804. The molecule has 174 valence electrons. The average molecular weight is 491 g/mol. The summed E-state index contributed by atoms with van der Waals surface area (Å²) in [5.41, 5.74) is 12.8. The highest BCUT2D eigenvalue weighted by atomic mass is 35.5. The standard InChI is InChI=1S/C36H23Cl/c37-34-18-6-1-9-25(34)21-23-19-20-28-29-14-7-10-24-11-8-17-32(35(24)29)36(33(28)22-23)30-15-4-2-12-26(30)27-13-3-5-16-31(27)36/h1-20,22H,21H2. The molecule has 0 unspecified atom stereocenters. The van der Waals surface area contributed by atoms with Gasteiger partial charge in [-0.25, -0.2) is 0 Å². The molecule has 0 atom stereocenters. The number of hydrogen-bond donors (Lipinski definition) is 0.